The summed E-state index contributed by atoms with van der Waals surface area (Å²) in [6.45, 7) is 5.05. The van der Waals surface area contributed by atoms with Crippen molar-refractivity contribution in [2.45, 2.75) is 26.5 Å². The quantitative estimate of drug-likeness (QED) is 0.448. The molecular weight excluding hydrogens is 373 g/mol. The van der Waals surface area contributed by atoms with Gasteiger partial charge in [0.2, 0.25) is 0 Å². The fraction of sp³-hybridized carbons (Fsp3) is 0.238. The fourth-order valence-electron chi connectivity index (χ4n) is 3.12. The van der Waals surface area contributed by atoms with Gasteiger partial charge in [0.25, 0.3) is 0 Å². The highest BCUT2D eigenvalue weighted by Gasteiger charge is 2.18. The highest BCUT2D eigenvalue weighted by molar-refractivity contribution is 5.78. The molecule has 8 heteroatoms. The van der Waals surface area contributed by atoms with Crippen LogP contribution in [0.1, 0.15) is 24.3 Å². The summed E-state index contributed by atoms with van der Waals surface area (Å²) >= 11 is 0. The Hall–Kier alpha value is -3.39. The number of aldehydes is 1. The Labute approximate surface area is 166 Å². The second-order valence-corrected chi connectivity index (χ2v) is 6.85. The topological polar surface area (TPSA) is 74.3 Å². The van der Waals surface area contributed by atoms with Gasteiger partial charge in [0, 0.05) is 12.1 Å². The number of hydrogen-bond donors (Lipinski definition) is 0. The minimum Gasteiger partial charge on any atom is -0.377 e. The molecule has 3 aromatic heterocycles. The van der Waals surface area contributed by atoms with Gasteiger partial charge in [-0.1, -0.05) is 0 Å². The molecule has 0 fully saturated rings. The smallest absolute Gasteiger partial charge is 0.170 e. The van der Waals surface area contributed by atoms with Crippen LogP contribution >= 0.6 is 0 Å². The third kappa shape index (κ3) is 3.79. The van der Waals surface area contributed by atoms with Crippen LogP contribution in [-0.2, 0) is 11.3 Å². The van der Waals surface area contributed by atoms with Gasteiger partial charge < -0.3 is 9.30 Å². The molecule has 0 unspecified atom stereocenters. The van der Waals surface area contributed by atoms with E-state index in [1.165, 1.54) is 22.8 Å². The average Bonchev–Trinajstić information content (AvgIpc) is 3.31. The molecule has 148 valence electrons. The van der Waals surface area contributed by atoms with Crippen LogP contribution in [0.5, 0.6) is 0 Å². The van der Waals surface area contributed by atoms with Crippen molar-refractivity contribution < 1.29 is 13.9 Å². The summed E-state index contributed by atoms with van der Waals surface area (Å²) in [5.74, 6) is -0.311. The van der Waals surface area contributed by atoms with Gasteiger partial charge in [-0.05, 0) is 50.2 Å². The van der Waals surface area contributed by atoms with Gasteiger partial charge in [0.05, 0.1) is 36.6 Å². The summed E-state index contributed by atoms with van der Waals surface area (Å²) in [6.07, 6.45) is 4.03. The summed E-state index contributed by atoms with van der Waals surface area (Å²) in [5.41, 5.74) is 3.77. The zero-order valence-electron chi connectivity index (χ0n) is 16.1. The first-order valence-electron chi connectivity index (χ1n) is 9.30. The van der Waals surface area contributed by atoms with Crippen LogP contribution < -0.4 is 0 Å². The van der Waals surface area contributed by atoms with Crippen LogP contribution in [-0.4, -0.2) is 43.1 Å². The lowest BCUT2D eigenvalue weighted by Crippen LogP contribution is -2.11. The summed E-state index contributed by atoms with van der Waals surface area (Å²) < 4.78 is 22.5. The second kappa shape index (κ2) is 7.92. The number of nitrogens with zero attached hydrogens (tertiary/aromatic N) is 5. The van der Waals surface area contributed by atoms with Crippen LogP contribution in [0.4, 0.5) is 4.39 Å². The van der Waals surface area contributed by atoms with Crippen molar-refractivity contribution in [2.24, 2.45) is 0 Å². The Morgan fingerprint density at radius 2 is 1.93 bits per heavy atom. The lowest BCUT2D eigenvalue weighted by atomic mass is 10.1. The molecule has 0 radical (unpaired) electrons. The van der Waals surface area contributed by atoms with E-state index in [0.29, 0.717) is 42.2 Å². The molecule has 0 spiro atoms. The maximum atomic E-state index is 13.4. The Morgan fingerprint density at radius 3 is 2.66 bits per heavy atom. The average molecular weight is 393 g/mol. The van der Waals surface area contributed by atoms with Crippen molar-refractivity contribution in [1.82, 2.24) is 24.1 Å². The second-order valence-electron chi connectivity index (χ2n) is 6.85. The molecule has 0 bridgehead atoms. The summed E-state index contributed by atoms with van der Waals surface area (Å²) in [4.78, 5) is 20.0. The van der Waals surface area contributed by atoms with E-state index in [-0.39, 0.29) is 11.9 Å². The number of hydrogen-bond acceptors (Lipinski definition) is 5. The highest BCUT2D eigenvalue weighted by atomic mass is 19.1. The van der Waals surface area contributed by atoms with Crippen molar-refractivity contribution in [2.75, 3.05) is 6.61 Å². The van der Waals surface area contributed by atoms with E-state index < -0.39 is 0 Å². The van der Waals surface area contributed by atoms with Crippen molar-refractivity contribution >= 4 is 11.9 Å². The number of halogens is 1. The first-order chi connectivity index (χ1) is 14.1. The SMILES string of the molecule is CC(C)OCCn1cnc(-c2ccc(F)cc2)c1-c1ccc2ncc(C=O)n2n1. The van der Waals surface area contributed by atoms with Gasteiger partial charge >= 0.3 is 0 Å². The Balaban J connectivity index is 1.83. The molecule has 0 aliphatic carbocycles. The van der Waals surface area contributed by atoms with Crippen LogP contribution in [0.3, 0.4) is 0 Å². The Bertz CT molecular complexity index is 1150. The zero-order chi connectivity index (χ0) is 20.4. The fourth-order valence-corrected chi connectivity index (χ4v) is 3.12. The van der Waals surface area contributed by atoms with Gasteiger partial charge in [-0.3, -0.25) is 4.79 Å². The van der Waals surface area contributed by atoms with E-state index in [4.69, 9.17) is 4.74 Å². The number of aromatic nitrogens is 5. The summed E-state index contributed by atoms with van der Waals surface area (Å²) in [7, 11) is 0. The normalized spacial score (nSPS) is 11.4. The molecule has 0 aliphatic rings. The van der Waals surface area contributed by atoms with Gasteiger partial charge in [-0.2, -0.15) is 5.10 Å². The molecule has 0 atom stereocenters. The van der Waals surface area contributed by atoms with E-state index in [0.717, 1.165) is 11.3 Å². The van der Waals surface area contributed by atoms with Crippen molar-refractivity contribution in [3.8, 4) is 22.6 Å². The summed E-state index contributed by atoms with van der Waals surface area (Å²) in [5, 5.41) is 4.60. The maximum absolute atomic E-state index is 13.4. The molecule has 0 amide bonds. The van der Waals surface area contributed by atoms with E-state index in [2.05, 4.69) is 15.1 Å². The molecule has 0 saturated carbocycles. The van der Waals surface area contributed by atoms with Crippen LogP contribution in [0.25, 0.3) is 28.3 Å². The number of ether oxygens (including phenoxy) is 1. The minimum atomic E-state index is -0.311. The Kier molecular flexibility index (Phi) is 5.18. The number of carbonyl (C=O) groups is 1. The molecule has 3 heterocycles. The predicted molar refractivity (Wildman–Crippen MR) is 106 cm³/mol. The molecule has 4 rings (SSSR count). The van der Waals surface area contributed by atoms with Crippen LogP contribution in [0.2, 0.25) is 0 Å². The third-order valence-electron chi connectivity index (χ3n) is 4.49. The van der Waals surface area contributed by atoms with E-state index >= 15 is 0 Å². The van der Waals surface area contributed by atoms with Crippen LogP contribution in [0.15, 0.2) is 48.9 Å². The van der Waals surface area contributed by atoms with Gasteiger partial charge in [-0.25, -0.2) is 18.9 Å². The van der Waals surface area contributed by atoms with Gasteiger partial charge in [0.1, 0.15) is 17.2 Å². The maximum Gasteiger partial charge on any atom is 0.170 e. The molecule has 4 aromatic rings. The molecular formula is C21H20FN5O2. The van der Waals surface area contributed by atoms with Crippen molar-refractivity contribution in [1.29, 1.82) is 0 Å². The molecule has 0 N–H and O–H groups in total. The standard InChI is InChI=1S/C21H20FN5O2/c1-14(2)29-10-9-26-13-24-20(15-3-5-16(22)6-4-15)21(26)18-7-8-19-23-11-17(12-28)27(19)25-18/h3-8,11-14H,9-10H2,1-2H3. The lowest BCUT2D eigenvalue weighted by molar-refractivity contribution is 0.0729. The highest BCUT2D eigenvalue weighted by Crippen LogP contribution is 2.30. The molecule has 0 aliphatic heterocycles. The number of fused-ring (bicyclic) bond motifs is 1. The summed E-state index contributed by atoms with van der Waals surface area (Å²) in [6, 6.07) is 9.80. The number of benzene rings is 1. The Morgan fingerprint density at radius 1 is 1.14 bits per heavy atom. The first-order valence-corrected chi connectivity index (χ1v) is 9.30. The largest absolute Gasteiger partial charge is 0.377 e. The monoisotopic (exact) mass is 393 g/mol. The number of rotatable bonds is 7. The van der Waals surface area contributed by atoms with Crippen molar-refractivity contribution in [3.05, 3.63) is 60.4 Å². The predicted octanol–water partition coefficient (Wildman–Crippen LogP) is 3.64. The van der Waals surface area contributed by atoms with E-state index in [1.807, 2.05) is 24.5 Å². The number of carbonyl (C=O) groups excluding carboxylic acids is 1. The number of imidazole rings is 2. The molecule has 7 nitrogen and oxygen atoms in total. The minimum absolute atomic E-state index is 0.120. The van der Waals surface area contributed by atoms with Crippen LogP contribution in [0, 0.1) is 5.82 Å². The van der Waals surface area contributed by atoms with Crippen molar-refractivity contribution in [3.63, 3.8) is 0 Å². The third-order valence-corrected chi connectivity index (χ3v) is 4.49. The van der Waals surface area contributed by atoms with E-state index in [9.17, 15) is 9.18 Å². The lowest BCUT2D eigenvalue weighted by Gasteiger charge is -2.12. The zero-order valence-corrected chi connectivity index (χ0v) is 16.1. The van der Waals surface area contributed by atoms with Gasteiger partial charge in [-0.15, -0.1) is 0 Å². The van der Waals surface area contributed by atoms with Gasteiger partial charge in [0.15, 0.2) is 11.9 Å². The van der Waals surface area contributed by atoms with E-state index in [1.54, 1.807) is 24.5 Å². The molecule has 29 heavy (non-hydrogen) atoms. The molecule has 0 saturated heterocycles. The first kappa shape index (κ1) is 18.9. The molecule has 1 aromatic carbocycles.